The van der Waals surface area contributed by atoms with E-state index in [4.69, 9.17) is 5.73 Å². The van der Waals surface area contributed by atoms with Gasteiger partial charge in [0.1, 0.15) is 0 Å². The van der Waals surface area contributed by atoms with Crippen molar-refractivity contribution in [3.05, 3.63) is 0 Å². The third-order valence-corrected chi connectivity index (χ3v) is 6.54. The van der Waals surface area contributed by atoms with E-state index in [1.54, 1.807) is 0 Å². The van der Waals surface area contributed by atoms with Gasteiger partial charge in [-0.3, -0.25) is 9.80 Å². The summed E-state index contributed by atoms with van der Waals surface area (Å²) in [6.07, 6.45) is 4.94. The zero-order chi connectivity index (χ0) is 16.0. The van der Waals surface area contributed by atoms with Gasteiger partial charge in [0, 0.05) is 55.3 Å². The lowest BCUT2D eigenvalue weighted by Crippen LogP contribution is -2.54. The first kappa shape index (κ1) is 16.7. The normalized spacial score (nSPS) is 40.1. The quantitative estimate of drug-likeness (QED) is 0.832. The summed E-state index contributed by atoms with van der Waals surface area (Å²) in [6, 6.07) is 2.03. The van der Waals surface area contributed by atoms with Crippen LogP contribution in [0.3, 0.4) is 0 Å². The van der Waals surface area contributed by atoms with Crippen molar-refractivity contribution in [1.29, 1.82) is 0 Å². The average Bonchev–Trinajstić information content (AvgIpc) is 2.74. The Balaban J connectivity index is 1.79. The van der Waals surface area contributed by atoms with Crippen LogP contribution in [0, 0.1) is 5.41 Å². The summed E-state index contributed by atoms with van der Waals surface area (Å²) in [6.45, 7) is 15.4. The van der Waals surface area contributed by atoms with Gasteiger partial charge in [-0.25, -0.2) is 0 Å². The van der Waals surface area contributed by atoms with Crippen molar-refractivity contribution in [3.63, 3.8) is 0 Å². The molecule has 3 saturated heterocycles. The highest BCUT2D eigenvalue weighted by Gasteiger charge is 2.50. The third-order valence-electron chi connectivity index (χ3n) is 6.54. The molecule has 3 N–H and O–H groups in total. The SMILES string of the molecule is CCN1CC2(CNC2)CC1C1CCC(C)(N)CCN1C(C)C. The van der Waals surface area contributed by atoms with Crippen LogP contribution in [0.1, 0.15) is 53.4 Å². The second-order valence-electron chi connectivity index (χ2n) is 8.78. The monoisotopic (exact) mass is 308 g/mol. The van der Waals surface area contributed by atoms with Crippen molar-refractivity contribution in [3.8, 4) is 0 Å². The Morgan fingerprint density at radius 2 is 1.95 bits per heavy atom. The molecule has 0 aliphatic carbocycles. The predicted molar refractivity (Wildman–Crippen MR) is 93.0 cm³/mol. The number of rotatable bonds is 3. The van der Waals surface area contributed by atoms with Crippen LogP contribution in [0.4, 0.5) is 0 Å². The average molecular weight is 309 g/mol. The molecule has 128 valence electrons. The molecule has 22 heavy (non-hydrogen) atoms. The Labute approximate surface area is 136 Å². The molecular formula is C18H36N4. The Bertz CT molecular complexity index is 389. The number of hydrogen-bond donors (Lipinski definition) is 2. The summed E-state index contributed by atoms with van der Waals surface area (Å²) in [5.74, 6) is 0. The minimum absolute atomic E-state index is 0.0211. The number of hydrogen-bond acceptors (Lipinski definition) is 4. The molecule has 0 saturated carbocycles. The minimum Gasteiger partial charge on any atom is -0.325 e. The maximum Gasteiger partial charge on any atom is 0.0258 e. The fourth-order valence-corrected chi connectivity index (χ4v) is 5.02. The van der Waals surface area contributed by atoms with E-state index in [1.165, 1.54) is 45.4 Å². The van der Waals surface area contributed by atoms with Gasteiger partial charge in [0.15, 0.2) is 0 Å². The van der Waals surface area contributed by atoms with Crippen molar-refractivity contribution < 1.29 is 0 Å². The molecule has 0 aromatic heterocycles. The maximum atomic E-state index is 6.51. The first-order chi connectivity index (χ1) is 10.4. The molecule has 3 aliphatic rings. The number of nitrogens with zero attached hydrogens (tertiary/aromatic N) is 2. The van der Waals surface area contributed by atoms with E-state index >= 15 is 0 Å². The van der Waals surface area contributed by atoms with E-state index in [0.29, 0.717) is 17.5 Å². The predicted octanol–water partition coefficient (Wildman–Crippen LogP) is 1.65. The van der Waals surface area contributed by atoms with Gasteiger partial charge < -0.3 is 11.1 Å². The van der Waals surface area contributed by atoms with E-state index in [1.807, 2.05) is 0 Å². The fraction of sp³-hybridized carbons (Fsp3) is 1.00. The molecular weight excluding hydrogens is 272 g/mol. The summed E-state index contributed by atoms with van der Waals surface area (Å²) >= 11 is 0. The molecule has 0 amide bonds. The Morgan fingerprint density at radius 3 is 2.50 bits per heavy atom. The molecule has 4 nitrogen and oxygen atoms in total. The molecule has 3 unspecified atom stereocenters. The molecule has 3 heterocycles. The molecule has 0 aromatic rings. The van der Waals surface area contributed by atoms with Gasteiger partial charge >= 0.3 is 0 Å². The van der Waals surface area contributed by atoms with Gasteiger partial charge in [0.05, 0.1) is 0 Å². The fourth-order valence-electron chi connectivity index (χ4n) is 5.02. The van der Waals surface area contributed by atoms with Gasteiger partial charge in [0.25, 0.3) is 0 Å². The Morgan fingerprint density at radius 1 is 1.23 bits per heavy atom. The zero-order valence-electron chi connectivity index (χ0n) is 15.1. The molecule has 0 aromatic carbocycles. The van der Waals surface area contributed by atoms with Crippen LogP contribution in [-0.2, 0) is 0 Å². The summed E-state index contributed by atoms with van der Waals surface area (Å²) in [7, 11) is 0. The van der Waals surface area contributed by atoms with Crippen LogP contribution in [0.15, 0.2) is 0 Å². The first-order valence-electron chi connectivity index (χ1n) is 9.35. The van der Waals surface area contributed by atoms with E-state index in [2.05, 4.69) is 42.8 Å². The maximum absolute atomic E-state index is 6.51. The number of nitrogens with two attached hydrogens (primary N) is 1. The minimum atomic E-state index is 0.0211. The lowest BCUT2D eigenvalue weighted by atomic mass is 9.78. The highest BCUT2D eigenvalue weighted by molar-refractivity contribution is 5.07. The van der Waals surface area contributed by atoms with Crippen molar-refractivity contribution in [1.82, 2.24) is 15.1 Å². The number of likely N-dealkylation sites (N-methyl/N-ethyl adjacent to an activating group) is 1. The highest BCUT2D eigenvalue weighted by atomic mass is 15.3. The molecule has 3 fully saturated rings. The second-order valence-corrected chi connectivity index (χ2v) is 8.78. The summed E-state index contributed by atoms with van der Waals surface area (Å²) in [5, 5.41) is 3.51. The molecule has 3 aliphatic heterocycles. The van der Waals surface area contributed by atoms with Crippen LogP contribution in [0.2, 0.25) is 0 Å². The smallest absolute Gasteiger partial charge is 0.0258 e. The molecule has 4 heteroatoms. The second kappa shape index (κ2) is 6.04. The molecule has 0 bridgehead atoms. The zero-order valence-corrected chi connectivity index (χ0v) is 15.1. The molecule has 0 radical (unpaired) electrons. The summed E-state index contributed by atoms with van der Waals surface area (Å²) in [4.78, 5) is 5.52. The number of nitrogens with one attached hydrogen (secondary N) is 1. The van der Waals surface area contributed by atoms with E-state index in [-0.39, 0.29) is 5.54 Å². The molecule has 3 atom stereocenters. The summed E-state index contributed by atoms with van der Waals surface area (Å²) in [5.41, 5.74) is 7.10. The van der Waals surface area contributed by atoms with Crippen molar-refractivity contribution in [2.45, 2.75) is 77.0 Å². The van der Waals surface area contributed by atoms with Crippen molar-refractivity contribution >= 4 is 0 Å². The highest BCUT2D eigenvalue weighted by Crippen LogP contribution is 2.42. The lowest BCUT2D eigenvalue weighted by Gasteiger charge is -2.41. The Kier molecular flexibility index (Phi) is 4.59. The molecule has 3 rings (SSSR count). The Hall–Kier alpha value is -0.160. The lowest BCUT2D eigenvalue weighted by molar-refractivity contribution is 0.0815. The summed E-state index contributed by atoms with van der Waals surface area (Å²) < 4.78 is 0. The molecule has 1 spiro atoms. The topological polar surface area (TPSA) is 44.5 Å². The van der Waals surface area contributed by atoms with Crippen molar-refractivity contribution in [2.24, 2.45) is 11.1 Å². The largest absolute Gasteiger partial charge is 0.325 e. The van der Waals surface area contributed by atoms with Crippen LogP contribution >= 0.6 is 0 Å². The van der Waals surface area contributed by atoms with E-state index in [0.717, 1.165) is 19.0 Å². The third kappa shape index (κ3) is 3.08. The van der Waals surface area contributed by atoms with Gasteiger partial charge in [-0.2, -0.15) is 0 Å². The van der Waals surface area contributed by atoms with Gasteiger partial charge in [-0.05, 0) is 53.0 Å². The van der Waals surface area contributed by atoms with Gasteiger partial charge in [-0.15, -0.1) is 0 Å². The van der Waals surface area contributed by atoms with Crippen LogP contribution in [0.25, 0.3) is 0 Å². The van der Waals surface area contributed by atoms with E-state index < -0.39 is 0 Å². The van der Waals surface area contributed by atoms with Crippen LogP contribution < -0.4 is 11.1 Å². The number of likely N-dealkylation sites (tertiary alicyclic amines) is 2. The van der Waals surface area contributed by atoms with E-state index in [9.17, 15) is 0 Å². The van der Waals surface area contributed by atoms with Crippen molar-refractivity contribution in [2.75, 3.05) is 32.7 Å². The standard InChI is InChI=1S/C18H36N4/c1-5-21-13-18(11-20-12-18)10-16(21)15-6-7-17(4,19)8-9-22(15)14(2)3/h14-16,20H,5-13,19H2,1-4H3. The first-order valence-corrected chi connectivity index (χ1v) is 9.35. The van der Waals surface area contributed by atoms with Crippen LogP contribution in [-0.4, -0.2) is 66.2 Å². The van der Waals surface area contributed by atoms with Crippen LogP contribution in [0.5, 0.6) is 0 Å². The van der Waals surface area contributed by atoms with Gasteiger partial charge in [0.2, 0.25) is 0 Å². The van der Waals surface area contributed by atoms with Gasteiger partial charge in [-0.1, -0.05) is 6.92 Å².